The Balaban J connectivity index is 1.66. The van der Waals surface area contributed by atoms with Crippen LogP contribution >= 0.6 is 0 Å². The van der Waals surface area contributed by atoms with Gasteiger partial charge in [0, 0.05) is 25.8 Å². The molecule has 0 aliphatic carbocycles. The van der Waals surface area contributed by atoms with E-state index in [4.69, 9.17) is 0 Å². The van der Waals surface area contributed by atoms with Crippen LogP contribution in [-0.2, 0) is 7.05 Å². The molecule has 1 amide bonds. The maximum atomic E-state index is 12.9. The van der Waals surface area contributed by atoms with Crippen molar-refractivity contribution in [1.29, 1.82) is 0 Å². The van der Waals surface area contributed by atoms with Gasteiger partial charge in [0.1, 0.15) is 11.6 Å². The van der Waals surface area contributed by atoms with Gasteiger partial charge >= 0.3 is 6.18 Å². The topological polar surface area (TPSA) is 63.1 Å². The number of aromatic nitrogens is 3. The molecule has 6 nitrogen and oxygen atoms in total. The highest BCUT2D eigenvalue weighted by atomic mass is 19.4. The molecular weight excluding hydrogens is 323 g/mol. The van der Waals surface area contributed by atoms with Gasteiger partial charge in [-0.3, -0.25) is 9.69 Å². The number of nitrogens with zero attached hydrogens (tertiary/aromatic N) is 4. The summed E-state index contributed by atoms with van der Waals surface area (Å²) in [6, 6.07) is -0.138. The van der Waals surface area contributed by atoms with Crippen molar-refractivity contribution in [1.82, 2.24) is 24.8 Å². The summed E-state index contributed by atoms with van der Waals surface area (Å²) >= 11 is 0. The van der Waals surface area contributed by atoms with E-state index in [2.05, 4.69) is 15.3 Å². The van der Waals surface area contributed by atoms with Crippen LogP contribution in [0.3, 0.4) is 0 Å². The van der Waals surface area contributed by atoms with Crippen LogP contribution in [0.25, 0.3) is 11.2 Å². The summed E-state index contributed by atoms with van der Waals surface area (Å²) in [5.74, 6) is -0.348. The van der Waals surface area contributed by atoms with Gasteiger partial charge < -0.3 is 9.88 Å². The molecular formula is C15H18F3N5O. The fraction of sp³-hybridized carbons (Fsp3) is 0.533. The number of alkyl halides is 3. The molecule has 1 saturated heterocycles. The van der Waals surface area contributed by atoms with Gasteiger partial charge in [0.25, 0.3) is 5.91 Å². The van der Waals surface area contributed by atoms with Gasteiger partial charge in [0.15, 0.2) is 5.65 Å². The number of aryl methyl sites for hydroxylation is 1. The molecule has 2 atom stereocenters. The third-order valence-corrected chi connectivity index (χ3v) is 4.36. The predicted octanol–water partition coefficient (Wildman–Crippen LogP) is 1.72. The second-order valence-electron chi connectivity index (χ2n) is 6.17. The summed E-state index contributed by atoms with van der Waals surface area (Å²) in [6.07, 6.45) is -0.920. The smallest absolute Gasteiger partial charge is 0.348 e. The fourth-order valence-corrected chi connectivity index (χ4v) is 3.09. The molecule has 0 unspecified atom stereocenters. The lowest BCUT2D eigenvalue weighted by Gasteiger charge is -2.38. The summed E-state index contributed by atoms with van der Waals surface area (Å²) < 4.78 is 40.3. The first-order valence-electron chi connectivity index (χ1n) is 7.60. The highest BCUT2D eigenvalue weighted by Crippen LogP contribution is 2.30. The average Bonchev–Trinajstić information content (AvgIpc) is 2.87. The van der Waals surface area contributed by atoms with Crippen LogP contribution in [0.2, 0.25) is 0 Å². The second kappa shape index (κ2) is 6.04. The van der Waals surface area contributed by atoms with E-state index in [0.29, 0.717) is 23.1 Å². The lowest BCUT2D eigenvalue weighted by Crippen LogP contribution is -2.54. The quantitative estimate of drug-likeness (QED) is 0.904. The molecule has 3 rings (SSSR count). The van der Waals surface area contributed by atoms with Gasteiger partial charge in [-0.1, -0.05) is 0 Å². The molecule has 1 N–H and O–H groups in total. The number of likely N-dealkylation sites (N-methyl/N-ethyl adjacent to an activating group) is 1. The highest BCUT2D eigenvalue weighted by Gasteiger charge is 2.44. The predicted molar refractivity (Wildman–Crippen MR) is 81.5 cm³/mol. The van der Waals surface area contributed by atoms with Crippen LogP contribution in [0, 0.1) is 0 Å². The number of nitrogens with one attached hydrogen (secondary N) is 1. The molecule has 1 aliphatic rings. The average molecular weight is 341 g/mol. The van der Waals surface area contributed by atoms with Gasteiger partial charge in [-0.25, -0.2) is 9.97 Å². The standard InChI is InChI=1S/C15H18F3N5O/c1-22-7-10(3-4-12(22)15(16,17)18)21-14(24)9-5-11-13(19-6-9)23(2)8-20-11/h5-6,8,10,12H,3-4,7H2,1-2H3,(H,21,24)/t10-,12+/m0/s1. The molecule has 0 saturated carbocycles. The minimum atomic E-state index is -4.24. The first-order valence-corrected chi connectivity index (χ1v) is 7.60. The fourth-order valence-electron chi connectivity index (χ4n) is 3.09. The Labute approximate surface area is 136 Å². The number of imidazole rings is 1. The number of hydrogen-bond donors (Lipinski definition) is 1. The van der Waals surface area contributed by atoms with Crippen molar-refractivity contribution >= 4 is 17.1 Å². The Morgan fingerprint density at radius 1 is 1.29 bits per heavy atom. The van der Waals surface area contributed by atoms with Crippen molar-refractivity contribution in [3.63, 3.8) is 0 Å². The summed E-state index contributed by atoms with van der Waals surface area (Å²) in [7, 11) is 3.23. The number of carbonyl (C=O) groups excluding carboxylic acids is 1. The summed E-state index contributed by atoms with van der Waals surface area (Å²) in [5, 5.41) is 2.79. The van der Waals surface area contributed by atoms with E-state index in [1.54, 1.807) is 24.0 Å². The van der Waals surface area contributed by atoms with Crippen molar-refractivity contribution < 1.29 is 18.0 Å². The maximum absolute atomic E-state index is 12.9. The van der Waals surface area contributed by atoms with Crippen LogP contribution in [0.1, 0.15) is 23.2 Å². The lowest BCUT2D eigenvalue weighted by molar-refractivity contribution is -0.188. The number of halogens is 3. The molecule has 0 radical (unpaired) electrons. The van der Waals surface area contributed by atoms with Crippen molar-refractivity contribution in [3.05, 3.63) is 24.2 Å². The van der Waals surface area contributed by atoms with Crippen molar-refractivity contribution in [2.24, 2.45) is 7.05 Å². The molecule has 24 heavy (non-hydrogen) atoms. The van der Waals surface area contributed by atoms with Crippen LogP contribution in [0.15, 0.2) is 18.6 Å². The highest BCUT2D eigenvalue weighted by molar-refractivity contribution is 5.96. The first-order chi connectivity index (χ1) is 11.3. The monoisotopic (exact) mass is 341 g/mol. The molecule has 3 heterocycles. The van der Waals surface area contributed by atoms with E-state index in [1.807, 2.05) is 0 Å². The third-order valence-electron chi connectivity index (χ3n) is 4.36. The molecule has 2 aromatic heterocycles. The number of hydrogen-bond acceptors (Lipinski definition) is 4. The maximum Gasteiger partial charge on any atom is 0.404 e. The van der Waals surface area contributed by atoms with E-state index in [-0.39, 0.29) is 24.9 Å². The van der Waals surface area contributed by atoms with Crippen LogP contribution in [-0.4, -0.2) is 57.2 Å². The number of fused-ring (bicyclic) bond motifs is 1. The number of piperidine rings is 1. The molecule has 0 aromatic carbocycles. The Morgan fingerprint density at radius 3 is 2.71 bits per heavy atom. The van der Waals surface area contributed by atoms with E-state index in [9.17, 15) is 18.0 Å². The van der Waals surface area contributed by atoms with E-state index < -0.39 is 12.2 Å². The first kappa shape index (κ1) is 16.7. The van der Waals surface area contributed by atoms with Crippen molar-refractivity contribution in [2.45, 2.75) is 31.1 Å². The largest absolute Gasteiger partial charge is 0.404 e. The van der Waals surface area contributed by atoms with Gasteiger partial charge in [-0.15, -0.1) is 0 Å². The van der Waals surface area contributed by atoms with Crippen LogP contribution in [0.5, 0.6) is 0 Å². The molecule has 2 aromatic rings. The van der Waals surface area contributed by atoms with E-state index in [0.717, 1.165) is 0 Å². The molecule has 0 spiro atoms. The molecule has 0 bridgehead atoms. The Morgan fingerprint density at radius 2 is 2.04 bits per heavy atom. The summed E-state index contributed by atoms with van der Waals surface area (Å²) in [4.78, 5) is 21.9. The second-order valence-corrected chi connectivity index (χ2v) is 6.17. The normalized spacial score (nSPS) is 22.7. The third kappa shape index (κ3) is 3.21. The van der Waals surface area contributed by atoms with Crippen LogP contribution < -0.4 is 5.32 Å². The summed E-state index contributed by atoms with van der Waals surface area (Å²) in [6.45, 7) is 0.162. The van der Waals surface area contributed by atoms with Gasteiger partial charge in [0.2, 0.25) is 0 Å². The minimum absolute atomic E-state index is 0.0253. The van der Waals surface area contributed by atoms with Gasteiger partial charge in [-0.05, 0) is 26.0 Å². The van der Waals surface area contributed by atoms with Gasteiger partial charge in [-0.2, -0.15) is 13.2 Å². The Kier molecular flexibility index (Phi) is 4.20. The zero-order chi connectivity index (χ0) is 17.5. The number of carbonyl (C=O) groups is 1. The van der Waals surface area contributed by atoms with E-state index >= 15 is 0 Å². The van der Waals surface area contributed by atoms with Crippen LogP contribution in [0.4, 0.5) is 13.2 Å². The van der Waals surface area contributed by atoms with E-state index in [1.165, 1.54) is 18.1 Å². The molecule has 1 fully saturated rings. The SMILES string of the molecule is CN1C[C@@H](NC(=O)c2cnc3c(c2)ncn3C)CC[C@@H]1C(F)(F)F. The zero-order valence-electron chi connectivity index (χ0n) is 13.3. The number of rotatable bonds is 2. The number of amides is 1. The van der Waals surface area contributed by atoms with Gasteiger partial charge in [0.05, 0.1) is 11.9 Å². The Hall–Kier alpha value is -2.16. The van der Waals surface area contributed by atoms with Crippen molar-refractivity contribution in [2.75, 3.05) is 13.6 Å². The zero-order valence-corrected chi connectivity index (χ0v) is 13.3. The minimum Gasteiger partial charge on any atom is -0.348 e. The molecule has 130 valence electrons. The lowest BCUT2D eigenvalue weighted by atomic mass is 9.98. The molecule has 1 aliphatic heterocycles. The number of pyridine rings is 1. The summed E-state index contributed by atoms with van der Waals surface area (Å²) in [5.41, 5.74) is 1.61. The Bertz CT molecular complexity index is 757. The molecule has 9 heteroatoms. The van der Waals surface area contributed by atoms with Crippen molar-refractivity contribution in [3.8, 4) is 0 Å². The number of likely N-dealkylation sites (tertiary alicyclic amines) is 1.